The standard InChI is InChI=1S/C18H23NO4/c20-17(19-10-11-23-16(12-19)18(21)22)15-8-6-14(7-9-15)13-4-2-1-3-5-13/h1-5,14-16H,6-12H2,(H,21,22)/t14?,15?,16-/m0/s1. The molecule has 0 unspecified atom stereocenters. The predicted octanol–water partition coefficient (Wildman–Crippen LogP) is 2.27. The number of hydrogen-bond donors (Lipinski definition) is 1. The monoisotopic (exact) mass is 317 g/mol. The van der Waals surface area contributed by atoms with Crippen molar-refractivity contribution in [3.05, 3.63) is 35.9 Å². The van der Waals surface area contributed by atoms with Gasteiger partial charge in [-0.1, -0.05) is 30.3 Å². The van der Waals surface area contributed by atoms with Crippen LogP contribution < -0.4 is 0 Å². The second-order valence-electron chi connectivity index (χ2n) is 6.44. The number of amides is 1. The van der Waals surface area contributed by atoms with E-state index in [1.54, 1.807) is 4.90 Å². The van der Waals surface area contributed by atoms with Crippen LogP contribution in [-0.2, 0) is 14.3 Å². The summed E-state index contributed by atoms with van der Waals surface area (Å²) in [5.74, 6) is -0.319. The third kappa shape index (κ3) is 3.72. The number of carbonyl (C=O) groups is 2. The molecule has 2 aliphatic rings. The average Bonchev–Trinajstić information content (AvgIpc) is 2.62. The molecule has 0 aromatic heterocycles. The van der Waals surface area contributed by atoms with Crippen molar-refractivity contribution in [2.45, 2.75) is 37.7 Å². The van der Waals surface area contributed by atoms with Gasteiger partial charge in [-0.3, -0.25) is 4.79 Å². The maximum Gasteiger partial charge on any atom is 0.334 e. The molecule has 2 fully saturated rings. The summed E-state index contributed by atoms with van der Waals surface area (Å²) in [6, 6.07) is 10.5. The number of carboxylic acids is 1. The van der Waals surface area contributed by atoms with E-state index in [4.69, 9.17) is 9.84 Å². The highest BCUT2D eigenvalue weighted by atomic mass is 16.5. The number of carboxylic acid groups (broad SMARTS) is 1. The first kappa shape index (κ1) is 16.0. The third-order valence-electron chi connectivity index (χ3n) is 5.00. The molecule has 1 aliphatic heterocycles. The van der Waals surface area contributed by atoms with Gasteiger partial charge < -0.3 is 14.7 Å². The molecule has 1 atom stereocenters. The fourth-order valence-electron chi connectivity index (χ4n) is 3.66. The first-order chi connectivity index (χ1) is 11.1. The largest absolute Gasteiger partial charge is 0.479 e. The Kier molecular flexibility index (Phi) is 4.96. The summed E-state index contributed by atoms with van der Waals surface area (Å²) in [5, 5.41) is 9.05. The molecule has 0 spiro atoms. The van der Waals surface area contributed by atoms with E-state index < -0.39 is 12.1 Å². The van der Waals surface area contributed by atoms with Crippen LogP contribution in [0.4, 0.5) is 0 Å². The Hall–Kier alpha value is -1.88. The van der Waals surface area contributed by atoms with E-state index in [0.717, 1.165) is 25.7 Å². The lowest BCUT2D eigenvalue weighted by atomic mass is 9.78. The number of benzene rings is 1. The SMILES string of the molecule is O=C(O)[C@@H]1CN(C(=O)C2CCC(c3ccccc3)CC2)CCO1. The van der Waals surface area contributed by atoms with Gasteiger partial charge in [-0.2, -0.15) is 0 Å². The van der Waals surface area contributed by atoms with Gasteiger partial charge in [-0.05, 0) is 37.2 Å². The minimum absolute atomic E-state index is 0.0301. The van der Waals surface area contributed by atoms with E-state index in [1.807, 2.05) is 6.07 Å². The van der Waals surface area contributed by atoms with E-state index >= 15 is 0 Å². The Balaban J connectivity index is 1.55. The highest BCUT2D eigenvalue weighted by Gasteiger charge is 2.34. The Labute approximate surface area is 136 Å². The van der Waals surface area contributed by atoms with Crippen molar-refractivity contribution in [2.75, 3.05) is 19.7 Å². The summed E-state index contributed by atoms with van der Waals surface area (Å²) in [5.41, 5.74) is 1.36. The zero-order chi connectivity index (χ0) is 16.2. The minimum Gasteiger partial charge on any atom is -0.479 e. The van der Waals surface area contributed by atoms with E-state index in [2.05, 4.69) is 24.3 Å². The summed E-state index contributed by atoms with van der Waals surface area (Å²) in [7, 11) is 0. The van der Waals surface area contributed by atoms with Crippen LogP contribution in [0.3, 0.4) is 0 Å². The van der Waals surface area contributed by atoms with Crippen LogP contribution in [0.2, 0.25) is 0 Å². The Morgan fingerprint density at radius 3 is 2.43 bits per heavy atom. The van der Waals surface area contributed by atoms with Gasteiger partial charge in [0.2, 0.25) is 5.91 Å². The number of carbonyl (C=O) groups excluding carboxylic acids is 1. The van der Waals surface area contributed by atoms with Gasteiger partial charge in [0.1, 0.15) is 0 Å². The second-order valence-corrected chi connectivity index (χ2v) is 6.44. The van der Waals surface area contributed by atoms with Crippen molar-refractivity contribution >= 4 is 11.9 Å². The summed E-state index contributed by atoms with van der Waals surface area (Å²) in [6.07, 6.45) is 2.93. The van der Waals surface area contributed by atoms with Crippen LogP contribution in [0.1, 0.15) is 37.2 Å². The fraction of sp³-hybridized carbons (Fsp3) is 0.556. The van der Waals surface area contributed by atoms with Crippen molar-refractivity contribution in [1.29, 1.82) is 0 Å². The van der Waals surface area contributed by atoms with E-state index in [1.165, 1.54) is 5.56 Å². The zero-order valence-electron chi connectivity index (χ0n) is 13.2. The number of morpholine rings is 1. The normalized spacial score (nSPS) is 28.3. The molecule has 5 heteroatoms. The highest BCUT2D eigenvalue weighted by molar-refractivity contribution is 5.80. The van der Waals surface area contributed by atoms with Gasteiger partial charge >= 0.3 is 5.97 Å². The van der Waals surface area contributed by atoms with Crippen LogP contribution in [0, 0.1) is 5.92 Å². The first-order valence-corrected chi connectivity index (χ1v) is 8.33. The Bertz CT molecular complexity index is 551. The quantitative estimate of drug-likeness (QED) is 0.929. The van der Waals surface area contributed by atoms with E-state index in [9.17, 15) is 9.59 Å². The lowest BCUT2D eigenvalue weighted by Crippen LogP contribution is -2.50. The van der Waals surface area contributed by atoms with Crippen LogP contribution in [0.15, 0.2) is 30.3 Å². The van der Waals surface area contributed by atoms with Crippen molar-refractivity contribution in [3.8, 4) is 0 Å². The van der Waals surface area contributed by atoms with Gasteiger partial charge in [-0.15, -0.1) is 0 Å². The molecule has 23 heavy (non-hydrogen) atoms. The molecule has 1 aliphatic carbocycles. The summed E-state index contributed by atoms with van der Waals surface area (Å²) in [6.45, 7) is 0.982. The maximum atomic E-state index is 12.6. The summed E-state index contributed by atoms with van der Waals surface area (Å²) in [4.78, 5) is 25.4. The van der Waals surface area contributed by atoms with Gasteiger partial charge in [-0.25, -0.2) is 4.79 Å². The summed E-state index contributed by atoms with van der Waals surface area (Å²) < 4.78 is 5.19. The van der Waals surface area contributed by atoms with Gasteiger partial charge in [0.15, 0.2) is 6.10 Å². The zero-order valence-corrected chi connectivity index (χ0v) is 13.2. The number of rotatable bonds is 3. The average molecular weight is 317 g/mol. The van der Waals surface area contributed by atoms with E-state index in [0.29, 0.717) is 19.1 Å². The highest BCUT2D eigenvalue weighted by Crippen LogP contribution is 2.36. The molecule has 3 rings (SSSR count). The van der Waals surface area contributed by atoms with Crippen LogP contribution in [0.25, 0.3) is 0 Å². The van der Waals surface area contributed by atoms with Crippen molar-refractivity contribution < 1.29 is 19.4 Å². The van der Waals surface area contributed by atoms with Crippen molar-refractivity contribution in [2.24, 2.45) is 5.92 Å². The molecule has 0 radical (unpaired) electrons. The summed E-state index contributed by atoms with van der Waals surface area (Å²) >= 11 is 0. The van der Waals surface area contributed by atoms with Crippen molar-refractivity contribution in [3.63, 3.8) is 0 Å². The third-order valence-corrected chi connectivity index (χ3v) is 5.00. The van der Waals surface area contributed by atoms with E-state index in [-0.39, 0.29) is 18.4 Å². The van der Waals surface area contributed by atoms with Gasteiger partial charge in [0, 0.05) is 12.5 Å². The fourth-order valence-corrected chi connectivity index (χ4v) is 3.66. The number of aliphatic carboxylic acids is 1. The molecular weight excluding hydrogens is 294 g/mol. The molecule has 1 aromatic carbocycles. The molecular formula is C18H23NO4. The Morgan fingerprint density at radius 2 is 1.78 bits per heavy atom. The number of ether oxygens (including phenoxy) is 1. The molecule has 1 N–H and O–H groups in total. The topological polar surface area (TPSA) is 66.8 Å². The molecule has 1 saturated carbocycles. The second kappa shape index (κ2) is 7.13. The molecule has 1 saturated heterocycles. The van der Waals surface area contributed by atoms with Crippen molar-refractivity contribution in [1.82, 2.24) is 4.90 Å². The predicted molar refractivity (Wildman–Crippen MR) is 85.1 cm³/mol. The van der Waals surface area contributed by atoms with Crippen LogP contribution >= 0.6 is 0 Å². The molecule has 0 bridgehead atoms. The number of hydrogen-bond acceptors (Lipinski definition) is 3. The smallest absolute Gasteiger partial charge is 0.334 e. The van der Waals surface area contributed by atoms with Gasteiger partial charge in [0.25, 0.3) is 0 Å². The molecule has 1 heterocycles. The van der Waals surface area contributed by atoms with Crippen LogP contribution in [-0.4, -0.2) is 47.7 Å². The first-order valence-electron chi connectivity index (χ1n) is 8.33. The molecule has 124 valence electrons. The lowest BCUT2D eigenvalue weighted by Gasteiger charge is -2.35. The number of nitrogens with zero attached hydrogens (tertiary/aromatic N) is 1. The lowest BCUT2D eigenvalue weighted by molar-refractivity contribution is -0.160. The molecule has 1 aromatic rings. The molecule has 5 nitrogen and oxygen atoms in total. The molecule has 1 amide bonds. The Morgan fingerprint density at radius 1 is 1.09 bits per heavy atom. The van der Waals surface area contributed by atoms with Crippen LogP contribution in [0.5, 0.6) is 0 Å². The minimum atomic E-state index is -0.990. The maximum absolute atomic E-state index is 12.6. The van der Waals surface area contributed by atoms with Gasteiger partial charge in [0.05, 0.1) is 13.2 Å².